The van der Waals surface area contributed by atoms with Gasteiger partial charge in [-0.3, -0.25) is 4.79 Å². The smallest absolute Gasteiger partial charge is 0.243 e. The molecule has 1 unspecified atom stereocenters. The van der Waals surface area contributed by atoms with Crippen molar-refractivity contribution >= 4 is 21.5 Å². The zero-order valence-corrected chi connectivity index (χ0v) is 15.8. The molecule has 2 aromatic rings. The number of rotatable bonds is 4. The first-order valence-electron chi connectivity index (χ1n) is 8.53. The number of Topliss-reactive ketones (excluding diaryl/α,β-unsaturated/α-hetero) is 1. The van der Waals surface area contributed by atoms with Crippen LogP contribution in [-0.2, 0) is 10.0 Å². The maximum Gasteiger partial charge on any atom is 0.243 e. The number of anilines is 1. The molecule has 0 radical (unpaired) electrons. The number of piperazine rings is 1. The van der Waals surface area contributed by atoms with E-state index in [1.165, 1.54) is 47.6 Å². The lowest BCUT2D eigenvalue weighted by Gasteiger charge is -2.40. The largest absolute Gasteiger partial charge is 0.366 e. The van der Waals surface area contributed by atoms with Gasteiger partial charge in [0, 0.05) is 37.3 Å². The Morgan fingerprint density at radius 3 is 2.30 bits per heavy atom. The summed E-state index contributed by atoms with van der Waals surface area (Å²) in [7, 11) is -3.73. The molecule has 144 valence electrons. The van der Waals surface area contributed by atoms with Crippen LogP contribution in [0.5, 0.6) is 0 Å². The Hall–Kier alpha value is -2.32. The number of benzene rings is 2. The number of hydrogen-bond donors (Lipinski definition) is 0. The van der Waals surface area contributed by atoms with Gasteiger partial charge >= 0.3 is 0 Å². The van der Waals surface area contributed by atoms with Crippen LogP contribution in [-0.4, -0.2) is 44.2 Å². The van der Waals surface area contributed by atoms with Crippen LogP contribution in [0, 0.1) is 11.6 Å². The van der Waals surface area contributed by atoms with Crippen molar-refractivity contribution in [3.05, 3.63) is 59.7 Å². The summed E-state index contributed by atoms with van der Waals surface area (Å²) < 4.78 is 54.4. The first kappa shape index (κ1) is 19.4. The van der Waals surface area contributed by atoms with Gasteiger partial charge in [0.25, 0.3) is 0 Å². The second-order valence-corrected chi connectivity index (χ2v) is 8.48. The maximum atomic E-state index is 14.0. The van der Waals surface area contributed by atoms with Crippen LogP contribution < -0.4 is 4.90 Å². The van der Waals surface area contributed by atoms with Crippen molar-refractivity contribution in [3.63, 3.8) is 0 Å². The Balaban J connectivity index is 1.80. The van der Waals surface area contributed by atoms with E-state index >= 15 is 0 Å². The molecule has 8 heteroatoms. The summed E-state index contributed by atoms with van der Waals surface area (Å²) in [6.07, 6.45) is 0. The average molecular weight is 394 g/mol. The first-order chi connectivity index (χ1) is 12.7. The maximum absolute atomic E-state index is 14.0. The van der Waals surface area contributed by atoms with Crippen LogP contribution in [0.4, 0.5) is 14.5 Å². The van der Waals surface area contributed by atoms with Crippen molar-refractivity contribution in [2.24, 2.45) is 0 Å². The Morgan fingerprint density at radius 1 is 1.07 bits per heavy atom. The molecule has 2 aromatic carbocycles. The molecule has 0 N–H and O–H groups in total. The fourth-order valence-corrected chi connectivity index (χ4v) is 4.86. The van der Waals surface area contributed by atoms with Gasteiger partial charge in [-0.05, 0) is 38.1 Å². The number of ketones is 1. The van der Waals surface area contributed by atoms with E-state index in [1.54, 1.807) is 11.8 Å². The van der Waals surface area contributed by atoms with Gasteiger partial charge in [0.05, 0.1) is 10.6 Å². The molecule has 1 heterocycles. The van der Waals surface area contributed by atoms with Gasteiger partial charge < -0.3 is 4.90 Å². The summed E-state index contributed by atoms with van der Waals surface area (Å²) in [6.45, 7) is 3.91. The molecule has 1 aliphatic heterocycles. The monoisotopic (exact) mass is 394 g/mol. The Kier molecular flexibility index (Phi) is 5.30. The fraction of sp³-hybridized carbons (Fsp3) is 0.316. The highest BCUT2D eigenvalue weighted by molar-refractivity contribution is 7.89. The summed E-state index contributed by atoms with van der Waals surface area (Å²) in [5, 5.41) is 0. The van der Waals surface area contributed by atoms with Gasteiger partial charge in [-0.25, -0.2) is 17.2 Å². The van der Waals surface area contributed by atoms with Crippen LogP contribution in [0.2, 0.25) is 0 Å². The van der Waals surface area contributed by atoms with Crippen LogP contribution >= 0.6 is 0 Å². The fourth-order valence-electron chi connectivity index (χ4n) is 3.25. The van der Waals surface area contributed by atoms with E-state index < -0.39 is 27.7 Å². The van der Waals surface area contributed by atoms with Gasteiger partial charge in [0.1, 0.15) is 11.6 Å². The number of halogens is 2. The Labute approximate surface area is 157 Å². The number of hydrogen-bond acceptors (Lipinski definition) is 4. The second-order valence-electron chi connectivity index (χ2n) is 6.59. The predicted octanol–water partition coefficient (Wildman–Crippen LogP) is 3.07. The van der Waals surface area contributed by atoms with Crippen LogP contribution in [0.25, 0.3) is 0 Å². The summed E-state index contributed by atoms with van der Waals surface area (Å²) >= 11 is 0. The number of nitrogens with zero attached hydrogens (tertiary/aromatic N) is 2. The highest BCUT2D eigenvalue weighted by atomic mass is 32.2. The number of carbonyl (C=O) groups excluding carboxylic acids is 1. The summed E-state index contributed by atoms with van der Waals surface area (Å²) in [5.74, 6) is -1.46. The first-order valence-corrected chi connectivity index (χ1v) is 9.97. The lowest BCUT2D eigenvalue weighted by molar-refractivity contribution is 0.101. The standard InChI is InChI=1S/C19H20F2N2O3S/c1-13-12-22(19-8-5-16(20)11-18(19)21)9-10-23(13)27(25,26)17-6-3-15(4-7-17)14(2)24/h3-8,11,13H,9-10,12H2,1-2H3. The summed E-state index contributed by atoms with van der Waals surface area (Å²) in [6, 6.07) is 8.79. The van der Waals surface area contributed by atoms with E-state index in [0.717, 1.165) is 6.07 Å². The lowest BCUT2D eigenvalue weighted by Crippen LogP contribution is -2.54. The molecule has 0 saturated carbocycles. The molecule has 0 aliphatic carbocycles. The normalized spacial score (nSPS) is 18.5. The van der Waals surface area contributed by atoms with Crippen LogP contribution in [0.15, 0.2) is 47.4 Å². The molecular weight excluding hydrogens is 374 g/mol. The molecule has 27 heavy (non-hydrogen) atoms. The highest BCUT2D eigenvalue weighted by Gasteiger charge is 2.34. The van der Waals surface area contributed by atoms with Crippen molar-refractivity contribution in [3.8, 4) is 0 Å². The van der Waals surface area contributed by atoms with Gasteiger partial charge in [-0.1, -0.05) is 12.1 Å². The number of carbonyl (C=O) groups is 1. The minimum atomic E-state index is -3.73. The zero-order chi connectivity index (χ0) is 19.8. The van der Waals surface area contributed by atoms with E-state index in [0.29, 0.717) is 5.56 Å². The second kappa shape index (κ2) is 7.36. The van der Waals surface area contributed by atoms with E-state index in [2.05, 4.69) is 0 Å². The predicted molar refractivity (Wildman–Crippen MR) is 98.4 cm³/mol. The molecule has 0 bridgehead atoms. The van der Waals surface area contributed by atoms with Crippen LogP contribution in [0.1, 0.15) is 24.2 Å². The number of sulfonamides is 1. The third-order valence-electron chi connectivity index (χ3n) is 4.68. The highest BCUT2D eigenvalue weighted by Crippen LogP contribution is 2.27. The molecule has 1 saturated heterocycles. The zero-order valence-electron chi connectivity index (χ0n) is 15.0. The third-order valence-corrected chi connectivity index (χ3v) is 6.71. The van der Waals surface area contributed by atoms with Gasteiger partial charge in [0.15, 0.2) is 5.78 Å². The van der Waals surface area contributed by atoms with Crippen molar-refractivity contribution in [2.75, 3.05) is 24.5 Å². The summed E-state index contributed by atoms with van der Waals surface area (Å²) in [4.78, 5) is 13.2. The molecule has 3 rings (SSSR count). The molecule has 0 amide bonds. The molecule has 0 spiro atoms. The third kappa shape index (κ3) is 3.86. The van der Waals surface area contributed by atoms with Gasteiger partial charge in [-0.2, -0.15) is 4.31 Å². The molecule has 0 aromatic heterocycles. The van der Waals surface area contributed by atoms with Crippen LogP contribution in [0.3, 0.4) is 0 Å². The van der Waals surface area contributed by atoms with Crippen molar-refractivity contribution in [1.29, 1.82) is 0 Å². The van der Waals surface area contributed by atoms with Crippen molar-refractivity contribution in [1.82, 2.24) is 4.31 Å². The molecule has 1 atom stereocenters. The molecule has 1 aliphatic rings. The lowest BCUT2D eigenvalue weighted by atomic mass is 10.2. The van der Waals surface area contributed by atoms with E-state index in [4.69, 9.17) is 0 Å². The van der Waals surface area contributed by atoms with Crippen molar-refractivity contribution < 1.29 is 22.0 Å². The van der Waals surface area contributed by atoms with E-state index in [1.807, 2.05) is 0 Å². The minimum absolute atomic E-state index is 0.112. The van der Waals surface area contributed by atoms with Gasteiger partial charge in [-0.15, -0.1) is 0 Å². The van der Waals surface area contributed by atoms with Crippen molar-refractivity contribution in [2.45, 2.75) is 24.8 Å². The SMILES string of the molecule is CC(=O)c1ccc(S(=O)(=O)N2CCN(c3ccc(F)cc3F)CC2C)cc1. The van der Waals surface area contributed by atoms with E-state index in [-0.39, 0.29) is 36.0 Å². The Bertz CT molecular complexity index is 961. The quantitative estimate of drug-likeness (QED) is 0.748. The average Bonchev–Trinajstić information content (AvgIpc) is 2.61. The van der Waals surface area contributed by atoms with Gasteiger partial charge in [0.2, 0.25) is 10.0 Å². The summed E-state index contributed by atoms with van der Waals surface area (Å²) in [5.41, 5.74) is 0.699. The molecular formula is C19H20F2N2O3S. The topological polar surface area (TPSA) is 57.7 Å². The molecule has 1 fully saturated rings. The Morgan fingerprint density at radius 2 is 1.74 bits per heavy atom. The minimum Gasteiger partial charge on any atom is -0.366 e. The van der Waals surface area contributed by atoms with E-state index in [9.17, 15) is 22.0 Å². The molecule has 5 nitrogen and oxygen atoms in total.